The molecule has 0 heterocycles. The van der Waals surface area contributed by atoms with Gasteiger partial charge in [0.2, 0.25) is 0 Å². The molecule has 0 spiro atoms. The van der Waals surface area contributed by atoms with Crippen LogP contribution in [0.3, 0.4) is 0 Å². The lowest BCUT2D eigenvalue weighted by Gasteiger charge is -2.61. The van der Waals surface area contributed by atoms with Crippen LogP contribution in [-0.4, -0.2) is 31.0 Å². The smallest absolute Gasteiger partial charge is 0.391 e. The van der Waals surface area contributed by atoms with Gasteiger partial charge in [-0.05, 0) is 92.3 Å². The molecule has 0 radical (unpaired) electrons. The molecule has 8 unspecified atom stereocenters. The van der Waals surface area contributed by atoms with Gasteiger partial charge in [-0.1, -0.05) is 20.8 Å². The number of hydrogen-bond acceptors (Lipinski definition) is 2. The number of ether oxygens (including phenoxy) is 1. The van der Waals surface area contributed by atoms with E-state index in [1.54, 1.807) is 7.11 Å². The van der Waals surface area contributed by atoms with Gasteiger partial charge in [-0.15, -0.1) is 0 Å². The van der Waals surface area contributed by atoms with Gasteiger partial charge in [0.1, 0.15) is 0 Å². The maximum Gasteiger partial charge on any atom is 0.391 e. The fourth-order valence-electron chi connectivity index (χ4n) is 8.30. The standard InChI is InChI=1S/C22H33F3O3.C2H6/c1-20-9-8-17-15(16(20)5-6-18(20)19(26)27)4-3-13-11-14(22(23,24)25)7-10-21(13,17)12-28-2;1-2/h13-18H,3-12H2,1-2H3,(H,26,27);1-2H3. The van der Waals surface area contributed by atoms with Gasteiger partial charge in [-0.25, -0.2) is 0 Å². The van der Waals surface area contributed by atoms with Crippen LogP contribution in [0, 0.1) is 46.3 Å². The second-order valence-electron chi connectivity index (χ2n) is 10.3. The number of carboxylic acid groups (broad SMARTS) is 1. The Balaban J connectivity index is 0.00000124. The van der Waals surface area contributed by atoms with Crippen LogP contribution in [0.2, 0.25) is 0 Å². The van der Waals surface area contributed by atoms with Gasteiger partial charge >= 0.3 is 12.1 Å². The van der Waals surface area contributed by atoms with Crippen molar-refractivity contribution in [3.8, 4) is 0 Å². The summed E-state index contributed by atoms with van der Waals surface area (Å²) in [6.07, 6.45) is 2.28. The van der Waals surface area contributed by atoms with Gasteiger partial charge < -0.3 is 9.84 Å². The molecule has 8 atom stereocenters. The second-order valence-corrected chi connectivity index (χ2v) is 10.3. The molecule has 1 N–H and O–H groups in total. The summed E-state index contributed by atoms with van der Waals surface area (Å²) in [4.78, 5) is 11.8. The van der Waals surface area contributed by atoms with E-state index in [0.717, 1.165) is 38.5 Å². The van der Waals surface area contributed by atoms with E-state index in [0.29, 0.717) is 30.8 Å². The van der Waals surface area contributed by atoms with Crippen molar-refractivity contribution in [2.24, 2.45) is 46.3 Å². The molecule has 30 heavy (non-hydrogen) atoms. The van der Waals surface area contributed by atoms with Crippen molar-refractivity contribution in [1.29, 1.82) is 0 Å². The molecule has 0 aromatic heterocycles. The van der Waals surface area contributed by atoms with Crippen LogP contribution in [0.1, 0.15) is 78.6 Å². The summed E-state index contributed by atoms with van der Waals surface area (Å²) in [5.74, 6) is -0.818. The lowest BCUT2D eigenvalue weighted by molar-refractivity contribution is -0.217. The van der Waals surface area contributed by atoms with Crippen molar-refractivity contribution >= 4 is 5.97 Å². The normalized spacial score (nSPS) is 45.4. The molecular weight excluding hydrogens is 393 g/mol. The van der Waals surface area contributed by atoms with Gasteiger partial charge in [0, 0.05) is 7.11 Å². The Hall–Kier alpha value is -0.780. The number of hydrogen-bond donors (Lipinski definition) is 1. The SMILES string of the molecule is CC.COCC12CCC(C(F)(F)F)CC1CCC1C3CCC(C(=O)O)C3(C)CCC12. The van der Waals surface area contributed by atoms with E-state index >= 15 is 0 Å². The summed E-state index contributed by atoms with van der Waals surface area (Å²) < 4.78 is 45.8. The van der Waals surface area contributed by atoms with Crippen LogP contribution in [0.4, 0.5) is 13.2 Å². The highest BCUT2D eigenvalue weighted by atomic mass is 19.4. The molecule has 0 bridgehead atoms. The molecule has 0 amide bonds. The summed E-state index contributed by atoms with van der Waals surface area (Å²) >= 11 is 0. The van der Waals surface area contributed by atoms with Crippen LogP contribution in [0.15, 0.2) is 0 Å². The highest BCUT2D eigenvalue weighted by Gasteiger charge is 2.63. The molecule has 4 aliphatic rings. The lowest BCUT2D eigenvalue weighted by atomic mass is 9.44. The number of carbonyl (C=O) groups is 1. The lowest BCUT2D eigenvalue weighted by Crippen LogP contribution is -2.57. The van der Waals surface area contributed by atoms with E-state index in [4.69, 9.17) is 4.74 Å². The van der Waals surface area contributed by atoms with Crippen molar-refractivity contribution in [1.82, 2.24) is 0 Å². The first kappa shape index (κ1) is 23.9. The Labute approximate surface area is 179 Å². The highest BCUT2D eigenvalue weighted by molar-refractivity contribution is 5.71. The summed E-state index contributed by atoms with van der Waals surface area (Å²) in [6.45, 7) is 6.71. The Morgan fingerprint density at radius 1 is 1.03 bits per heavy atom. The van der Waals surface area contributed by atoms with E-state index in [9.17, 15) is 23.1 Å². The van der Waals surface area contributed by atoms with Crippen LogP contribution in [-0.2, 0) is 9.53 Å². The molecule has 4 saturated carbocycles. The molecule has 4 fully saturated rings. The Bertz CT molecular complexity index is 621. The first-order valence-corrected chi connectivity index (χ1v) is 11.9. The minimum absolute atomic E-state index is 0.0788. The summed E-state index contributed by atoms with van der Waals surface area (Å²) in [7, 11) is 1.67. The third-order valence-electron chi connectivity index (χ3n) is 9.54. The average Bonchev–Trinajstić information content (AvgIpc) is 3.06. The van der Waals surface area contributed by atoms with Crippen molar-refractivity contribution in [2.75, 3.05) is 13.7 Å². The van der Waals surface area contributed by atoms with Crippen molar-refractivity contribution in [2.45, 2.75) is 84.7 Å². The monoisotopic (exact) mass is 432 g/mol. The van der Waals surface area contributed by atoms with E-state index in [-0.39, 0.29) is 35.5 Å². The maximum absolute atomic E-state index is 13.4. The first-order chi connectivity index (χ1) is 14.1. The minimum Gasteiger partial charge on any atom is -0.481 e. The molecule has 0 saturated heterocycles. The molecule has 3 nitrogen and oxygen atoms in total. The molecule has 0 aliphatic heterocycles. The Kier molecular flexibility index (Phi) is 6.87. The van der Waals surface area contributed by atoms with Gasteiger partial charge in [0.15, 0.2) is 0 Å². The predicted octanol–water partition coefficient (Wildman–Crippen LogP) is 6.56. The number of rotatable bonds is 3. The maximum atomic E-state index is 13.4. The topological polar surface area (TPSA) is 46.5 Å². The zero-order chi connectivity index (χ0) is 22.3. The van der Waals surface area contributed by atoms with Crippen molar-refractivity contribution < 1.29 is 27.8 Å². The second kappa shape index (κ2) is 8.63. The summed E-state index contributed by atoms with van der Waals surface area (Å²) in [6, 6.07) is 0. The Morgan fingerprint density at radius 2 is 1.73 bits per heavy atom. The van der Waals surface area contributed by atoms with Crippen molar-refractivity contribution in [3.05, 3.63) is 0 Å². The number of fused-ring (bicyclic) bond motifs is 5. The third-order valence-corrected chi connectivity index (χ3v) is 9.54. The summed E-state index contributed by atoms with van der Waals surface area (Å²) in [5, 5.41) is 9.71. The van der Waals surface area contributed by atoms with E-state index in [1.165, 1.54) is 0 Å². The first-order valence-electron chi connectivity index (χ1n) is 11.9. The number of carboxylic acids is 1. The van der Waals surface area contributed by atoms with Crippen molar-refractivity contribution in [3.63, 3.8) is 0 Å². The molecule has 174 valence electrons. The largest absolute Gasteiger partial charge is 0.481 e. The fraction of sp³-hybridized carbons (Fsp3) is 0.958. The van der Waals surface area contributed by atoms with Crippen LogP contribution in [0.5, 0.6) is 0 Å². The van der Waals surface area contributed by atoms with Crippen LogP contribution >= 0.6 is 0 Å². The molecular formula is C24H39F3O3. The van der Waals surface area contributed by atoms with Crippen LogP contribution in [0.25, 0.3) is 0 Å². The summed E-state index contributed by atoms with van der Waals surface area (Å²) in [5.41, 5.74) is -0.306. The quantitative estimate of drug-likeness (QED) is 0.549. The van der Waals surface area contributed by atoms with Gasteiger partial charge in [-0.3, -0.25) is 4.79 Å². The minimum atomic E-state index is -4.10. The van der Waals surface area contributed by atoms with E-state index in [2.05, 4.69) is 6.92 Å². The van der Waals surface area contributed by atoms with Crippen LogP contribution < -0.4 is 0 Å². The molecule has 4 aliphatic carbocycles. The van der Waals surface area contributed by atoms with Gasteiger partial charge in [0.05, 0.1) is 18.4 Å². The number of halogens is 3. The van der Waals surface area contributed by atoms with Gasteiger partial charge in [-0.2, -0.15) is 13.2 Å². The zero-order valence-corrected chi connectivity index (χ0v) is 18.9. The molecule has 6 heteroatoms. The average molecular weight is 433 g/mol. The van der Waals surface area contributed by atoms with E-state index in [1.807, 2.05) is 13.8 Å². The number of alkyl halides is 3. The van der Waals surface area contributed by atoms with E-state index < -0.39 is 18.1 Å². The molecule has 4 rings (SSSR count). The number of methoxy groups -OCH3 is 1. The molecule has 0 aromatic carbocycles. The predicted molar refractivity (Wildman–Crippen MR) is 110 cm³/mol. The Morgan fingerprint density at radius 3 is 2.33 bits per heavy atom. The van der Waals surface area contributed by atoms with Gasteiger partial charge in [0.25, 0.3) is 0 Å². The fourth-order valence-corrected chi connectivity index (χ4v) is 8.30. The molecule has 0 aromatic rings. The highest BCUT2D eigenvalue weighted by Crippen LogP contribution is 2.68. The zero-order valence-electron chi connectivity index (χ0n) is 18.9. The number of aliphatic carboxylic acids is 1. The third kappa shape index (κ3) is 3.69.